The Morgan fingerprint density at radius 2 is 1.85 bits per heavy atom. The molecule has 4 rings (SSSR count). The van der Waals surface area contributed by atoms with E-state index >= 15 is 0 Å². The van der Waals surface area contributed by atoms with E-state index in [9.17, 15) is 9.59 Å². The summed E-state index contributed by atoms with van der Waals surface area (Å²) < 4.78 is 6.18. The molecule has 0 unspecified atom stereocenters. The third-order valence-corrected chi connectivity index (χ3v) is 7.52. The quantitative estimate of drug-likeness (QED) is 0.504. The fraction of sp³-hybridized carbons (Fsp3) is 0.556. The highest BCUT2D eigenvalue weighted by molar-refractivity contribution is 7.10. The van der Waals surface area contributed by atoms with Crippen molar-refractivity contribution in [2.75, 3.05) is 26.2 Å². The Morgan fingerprint density at radius 3 is 2.48 bits per heavy atom. The van der Waals surface area contributed by atoms with Crippen LogP contribution in [0.5, 0.6) is 5.75 Å². The van der Waals surface area contributed by atoms with Crippen molar-refractivity contribution < 1.29 is 14.3 Å². The van der Waals surface area contributed by atoms with Gasteiger partial charge in [-0.3, -0.25) is 9.59 Å². The Hall–Kier alpha value is -2.34. The van der Waals surface area contributed by atoms with Crippen LogP contribution >= 0.6 is 11.3 Å². The number of fused-ring (bicyclic) bond motifs is 1. The van der Waals surface area contributed by atoms with Gasteiger partial charge in [-0.1, -0.05) is 39.8 Å². The van der Waals surface area contributed by atoms with Gasteiger partial charge >= 0.3 is 0 Å². The van der Waals surface area contributed by atoms with Crippen LogP contribution in [-0.4, -0.2) is 47.9 Å². The minimum Gasteiger partial charge on any atom is -0.491 e. The van der Waals surface area contributed by atoms with Crippen molar-refractivity contribution in [2.24, 2.45) is 11.8 Å². The summed E-state index contributed by atoms with van der Waals surface area (Å²) in [6.45, 7) is 10.4. The fourth-order valence-corrected chi connectivity index (χ4v) is 5.44. The molecule has 2 aromatic rings. The average molecular weight is 469 g/mol. The first-order chi connectivity index (χ1) is 15.8. The molecule has 1 saturated carbocycles. The molecule has 2 aliphatic rings. The van der Waals surface area contributed by atoms with Crippen molar-refractivity contribution in [3.63, 3.8) is 0 Å². The van der Waals surface area contributed by atoms with E-state index in [0.29, 0.717) is 31.5 Å². The molecule has 0 saturated heterocycles. The molecule has 1 aromatic heterocycles. The van der Waals surface area contributed by atoms with E-state index in [1.54, 1.807) is 16.2 Å². The predicted molar refractivity (Wildman–Crippen MR) is 133 cm³/mol. The second-order valence-electron chi connectivity index (χ2n) is 10.1. The van der Waals surface area contributed by atoms with Gasteiger partial charge in [0.2, 0.25) is 11.8 Å². The summed E-state index contributed by atoms with van der Waals surface area (Å²) in [5.41, 5.74) is 2.46. The molecule has 1 aliphatic carbocycles. The van der Waals surface area contributed by atoms with E-state index in [2.05, 4.69) is 51.3 Å². The van der Waals surface area contributed by atoms with Crippen molar-refractivity contribution in [1.29, 1.82) is 0 Å². The number of amides is 2. The van der Waals surface area contributed by atoms with Crippen LogP contribution in [0, 0.1) is 11.8 Å². The van der Waals surface area contributed by atoms with Gasteiger partial charge in [-0.15, -0.1) is 11.3 Å². The molecule has 5 nitrogen and oxygen atoms in total. The zero-order valence-electron chi connectivity index (χ0n) is 20.3. The maximum Gasteiger partial charge on any atom is 0.242 e. The molecule has 33 heavy (non-hydrogen) atoms. The van der Waals surface area contributed by atoms with E-state index in [4.69, 9.17) is 4.74 Å². The minimum atomic E-state index is -0.130. The van der Waals surface area contributed by atoms with Gasteiger partial charge in [0.15, 0.2) is 0 Å². The van der Waals surface area contributed by atoms with Crippen LogP contribution in [0.25, 0.3) is 0 Å². The average Bonchev–Trinajstić information content (AvgIpc) is 3.53. The van der Waals surface area contributed by atoms with Gasteiger partial charge in [-0.2, -0.15) is 0 Å². The number of ether oxygens (including phenoxy) is 1. The highest BCUT2D eigenvalue weighted by atomic mass is 32.1. The number of nitrogens with zero attached hydrogens (tertiary/aromatic N) is 2. The molecule has 1 fully saturated rings. The molecular weight excluding hydrogens is 432 g/mol. The number of rotatable bonds is 9. The van der Waals surface area contributed by atoms with E-state index in [0.717, 1.165) is 25.0 Å². The monoisotopic (exact) mass is 468 g/mol. The van der Waals surface area contributed by atoms with E-state index in [1.165, 1.54) is 16.0 Å². The number of carbonyl (C=O) groups is 2. The maximum atomic E-state index is 13.5. The summed E-state index contributed by atoms with van der Waals surface area (Å²) in [4.78, 5) is 31.4. The Balaban J connectivity index is 1.48. The third kappa shape index (κ3) is 5.78. The van der Waals surface area contributed by atoms with Crippen molar-refractivity contribution in [1.82, 2.24) is 9.80 Å². The number of hydrogen-bond donors (Lipinski definition) is 0. The second-order valence-corrected chi connectivity index (χ2v) is 11.1. The molecule has 1 aliphatic heterocycles. The number of hydrogen-bond acceptors (Lipinski definition) is 4. The molecule has 6 heteroatoms. The zero-order chi connectivity index (χ0) is 23.5. The molecule has 2 heterocycles. The number of carbonyl (C=O) groups excluding carboxylic acids is 2. The minimum absolute atomic E-state index is 0.0188. The van der Waals surface area contributed by atoms with Gasteiger partial charge in [-0.25, -0.2) is 0 Å². The lowest BCUT2D eigenvalue weighted by atomic mass is 10.00. The van der Waals surface area contributed by atoms with Crippen molar-refractivity contribution >= 4 is 23.2 Å². The highest BCUT2D eigenvalue weighted by Gasteiger charge is 2.37. The summed E-state index contributed by atoms with van der Waals surface area (Å²) >= 11 is 1.75. The van der Waals surface area contributed by atoms with E-state index < -0.39 is 0 Å². The van der Waals surface area contributed by atoms with Crippen LogP contribution in [-0.2, 0) is 16.0 Å². The molecule has 0 radical (unpaired) electrons. The Bertz CT molecular complexity index is 962. The molecule has 2 amide bonds. The molecular formula is C27H36N2O3S. The van der Waals surface area contributed by atoms with Crippen LogP contribution < -0.4 is 4.74 Å². The van der Waals surface area contributed by atoms with Crippen LogP contribution in [0.3, 0.4) is 0 Å². The SMILES string of the molecule is CC(C)CN(CC(=O)N1CCc2sccc2[C@@H]1COc1ccc(C(C)C)cc1)C(=O)C1CC1. The van der Waals surface area contributed by atoms with Gasteiger partial charge in [0.25, 0.3) is 0 Å². The topological polar surface area (TPSA) is 49.9 Å². The Morgan fingerprint density at radius 1 is 1.12 bits per heavy atom. The normalized spacial score (nSPS) is 17.9. The second kappa shape index (κ2) is 10.3. The lowest BCUT2D eigenvalue weighted by Crippen LogP contribution is -2.48. The van der Waals surface area contributed by atoms with Gasteiger partial charge < -0.3 is 14.5 Å². The standard InChI is InChI=1S/C27H36N2O3S/c1-18(2)15-28(27(31)21-5-6-21)16-26(30)29-13-11-25-23(12-14-33-25)24(29)17-32-22-9-7-20(8-10-22)19(3)4/h7-10,12,14,18-19,21,24H,5-6,11,13,15-17H2,1-4H3/t24-/m0/s1. The fourth-order valence-electron chi connectivity index (χ4n) is 4.51. The van der Waals surface area contributed by atoms with Gasteiger partial charge in [0.05, 0.1) is 12.6 Å². The molecule has 0 bridgehead atoms. The Kier molecular flexibility index (Phi) is 7.42. The molecule has 0 N–H and O–H groups in total. The van der Waals surface area contributed by atoms with Gasteiger partial charge in [0.1, 0.15) is 12.4 Å². The number of thiophene rings is 1. The van der Waals surface area contributed by atoms with Crippen molar-refractivity contribution in [2.45, 2.75) is 58.9 Å². The molecule has 0 spiro atoms. The lowest BCUT2D eigenvalue weighted by molar-refractivity contribution is -0.143. The smallest absolute Gasteiger partial charge is 0.242 e. The third-order valence-electron chi connectivity index (χ3n) is 6.52. The van der Waals surface area contributed by atoms with E-state index in [1.807, 2.05) is 17.0 Å². The maximum absolute atomic E-state index is 13.5. The first-order valence-electron chi connectivity index (χ1n) is 12.2. The molecule has 1 atom stereocenters. The lowest BCUT2D eigenvalue weighted by Gasteiger charge is -2.37. The largest absolute Gasteiger partial charge is 0.491 e. The van der Waals surface area contributed by atoms with Crippen molar-refractivity contribution in [3.05, 3.63) is 51.7 Å². The van der Waals surface area contributed by atoms with Crippen LogP contribution in [0.15, 0.2) is 35.7 Å². The summed E-state index contributed by atoms with van der Waals surface area (Å²) in [6, 6.07) is 10.2. The first kappa shape index (κ1) is 23.8. The summed E-state index contributed by atoms with van der Waals surface area (Å²) in [7, 11) is 0. The van der Waals surface area contributed by atoms with Crippen LogP contribution in [0.4, 0.5) is 0 Å². The molecule has 1 aromatic carbocycles. The molecule has 178 valence electrons. The van der Waals surface area contributed by atoms with E-state index in [-0.39, 0.29) is 30.3 Å². The first-order valence-corrected chi connectivity index (χ1v) is 13.1. The highest BCUT2D eigenvalue weighted by Crippen LogP contribution is 2.35. The Labute approximate surface area is 201 Å². The zero-order valence-corrected chi connectivity index (χ0v) is 21.1. The van der Waals surface area contributed by atoms with Crippen LogP contribution in [0.2, 0.25) is 0 Å². The summed E-state index contributed by atoms with van der Waals surface area (Å²) in [5.74, 6) is 1.91. The van der Waals surface area contributed by atoms with Crippen molar-refractivity contribution in [3.8, 4) is 5.75 Å². The summed E-state index contributed by atoms with van der Waals surface area (Å²) in [6.07, 6.45) is 2.77. The predicted octanol–water partition coefficient (Wildman–Crippen LogP) is 5.27. The number of benzene rings is 1. The van der Waals surface area contributed by atoms with Gasteiger partial charge in [-0.05, 0) is 65.8 Å². The van der Waals surface area contributed by atoms with Crippen LogP contribution in [0.1, 0.15) is 68.5 Å². The van der Waals surface area contributed by atoms with Gasteiger partial charge in [0, 0.05) is 23.9 Å². The summed E-state index contributed by atoms with van der Waals surface area (Å²) in [5, 5.41) is 2.10.